The van der Waals surface area contributed by atoms with E-state index in [1.807, 2.05) is 12.1 Å². The number of anilines is 1. The molecule has 0 amide bonds. The fourth-order valence-electron chi connectivity index (χ4n) is 5.22. The van der Waals surface area contributed by atoms with Gasteiger partial charge in [-0.2, -0.15) is 0 Å². The van der Waals surface area contributed by atoms with Gasteiger partial charge in [-0.1, -0.05) is 0 Å². The number of nitrogens with one attached hydrogen (secondary N) is 1. The van der Waals surface area contributed by atoms with E-state index < -0.39 is 0 Å². The molecule has 1 aliphatic heterocycles. The number of halogens is 1. The van der Waals surface area contributed by atoms with Gasteiger partial charge >= 0.3 is 0 Å². The Hall–Kier alpha value is -2.21. The maximum absolute atomic E-state index is 13.2. The number of aromatic amines is 1. The zero-order chi connectivity index (χ0) is 20.7. The predicted molar refractivity (Wildman–Crippen MR) is 117 cm³/mol. The molecule has 1 saturated carbocycles. The average molecular weight is 411 g/mol. The second-order valence-corrected chi connectivity index (χ2v) is 9.53. The third kappa shape index (κ3) is 4.02. The molecule has 1 aromatic heterocycles. The van der Waals surface area contributed by atoms with Crippen molar-refractivity contribution in [3.05, 3.63) is 57.5 Å². The lowest BCUT2D eigenvalue weighted by Gasteiger charge is -2.41. The monoisotopic (exact) mass is 410 g/mol. The van der Waals surface area contributed by atoms with Crippen LogP contribution in [0.4, 0.5) is 10.1 Å². The van der Waals surface area contributed by atoms with Gasteiger partial charge in [-0.25, -0.2) is 9.37 Å². The molecule has 5 rings (SSSR count). The summed E-state index contributed by atoms with van der Waals surface area (Å²) in [6.07, 6.45) is 7.47. The first kappa shape index (κ1) is 19.7. The zero-order valence-corrected chi connectivity index (χ0v) is 17.8. The Morgan fingerprint density at radius 3 is 2.73 bits per heavy atom. The summed E-state index contributed by atoms with van der Waals surface area (Å²) in [5.74, 6) is 0.661. The molecule has 2 aliphatic carbocycles. The number of nitrogens with zero attached hydrogens (tertiary/aromatic N) is 3. The molecule has 1 saturated heterocycles. The fourth-order valence-corrected chi connectivity index (χ4v) is 5.22. The summed E-state index contributed by atoms with van der Waals surface area (Å²) < 4.78 is 13.2. The van der Waals surface area contributed by atoms with Gasteiger partial charge in [-0.15, -0.1) is 0 Å². The van der Waals surface area contributed by atoms with Crippen molar-refractivity contribution in [2.24, 2.45) is 5.41 Å². The molecular formula is C24H31FN4O. The zero-order valence-electron chi connectivity index (χ0n) is 17.8. The molecule has 5 nitrogen and oxygen atoms in total. The fraction of sp³-hybridized carbons (Fsp3) is 0.583. The molecule has 0 bridgehead atoms. The van der Waals surface area contributed by atoms with Crippen LogP contribution in [0.15, 0.2) is 29.1 Å². The van der Waals surface area contributed by atoms with Crippen LogP contribution in [0.1, 0.15) is 49.7 Å². The molecule has 1 N–H and O–H groups in total. The quantitative estimate of drug-likeness (QED) is 0.822. The predicted octanol–water partition coefficient (Wildman–Crippen LogP) is 3.32. The molecule has 2 heterocycles. The van der Waals surface area contributed by atoms with E-state index in [2.05, 4.69) is 21.7 Å². The van der Waals surface area contributed by atoms with E-state index in [0.29, 0.717) is 11.5 Å². The van der Waals surface area contributed by atoms with Crippen molar-refractivity contribution in [2.45, 2.75) is 57.9 Å². The Bertz CT molecular complexity index is 966. The highest BCUT2D eigenvalue weighted by Gasteiger charge is 2.45. The van der Waals surface area contributed by atoms with E-state index in [-0.39, 0.29) is 11.4 Å². The lowest BCUT2D eigenvalue weighted by Crippen LogP contribution is -2.52. The largest absolute Gasteiger partial charge is 0.369 e. The Labute approximate surface area is 177 Å². The van der Waals surface area contributed by atoms with Crippen LogP contribution in [0.25, 0.3) is 0 Å². The van der Waals surface area contributed by atoms with Gasteiger partial charge in [0, 0.05) is 43.3 Å². The van der Waals surface area contributed by atoms with Crippen LogP contribution < -0.4 is 10.5 Å². The number of piperazine rings is 1. The van der Waals surface area contributed by atoms with Gasteiger partial charge in [0.1, 0.15) is 11.6 Å². The van der Waals surface area contributed by atoms with E-state index in [1.54, 1.807) is 0 Å². The molecular weight excluding hydrogens is 379 g/mol. The van der Waals surface area contributed by atoms with Crippen molar-refractivity contribution in [1.82, 2.24) is 14.9 Å². The van der Waals surface area contributed by atoms with Crippen LogP contribution >= 0.6 is 0 Å². The SMILES string of the molecule is CC1CN(c2ccc(F)cc2)CCN1CCCc1nc2c(c(=O)[nH]1)CC1(CC2)CC1. The van der Waals surface area contributed by atoms with Gasteiger partial charge in [0.15, 0.2) is 0 Å². The van der Waals surface area contributed by atoms with Crippen molar-refractivity contribution in [2.75, 3.05) is 31.1 Å². The van der Waals surface area contributed by atoms with Gasteiger partial charge in [0.25, 0.3) is 5.56 Å². The minimum absolute atomic E-state index is 0.0993. The van der Waals surface area contributed by atoms with Crippen LogP contribution in [0.2, 0.25) is 0 Å². The lowest BCUT2D eigenvalue weighted by atomic mass is 9.84. The number of aromatic nitrogens is 2. The molecule has 1 spiro atoms. The van der Waals surface area contributed by atoms with Gasteiger partial charge < -0.3 is 9.88 Å². The number of benzene rings is 1. The van der Waals surface area contributed by atoms with Crippen LogP contribution in [0.5, 0.6) is 0 Å². The summed E-state index contributed by atoms with van der Waals surface area (Å²) >= 11 is 0. The van der Waals surface area contributed by atoms with Crippen LogP contribution in [-0.4, -0.2) is 47.1 Å². The minimum atomic E-state index is -0.189. The second-order valence-electron chi connectivity index (χ2n) is 9.53. The van der Waals surface area contributed by atoms with E-state index in [4.69, 9.17) is 4.98 Å². The summed E-state index contributed by atoms with van der Waals surface area (Å²) in [6, 6.07) is 7.22. The second kappa shape index (κ2) is 7.80. The van der Waals surface area contributed by atoms with Crippen LogP contribution in [0.3, 0.4) is 0 Å². The summed E-state index contributed by atoms with van der Waals surface area (Å²) in [4.78, 5) is 25.3. The number of hydrogen-bond acceptors (Lipinski definition) is 4. The molecule has 2 fully saturated rings. The number of H-pyrrole nitrogens is 1. The molecule has 0 radical (unpaired) electrons. The molecule has 30 heavy (non-hydrogen) atoms. The molecule has 1 atom stereocenters. The number of aryl methyl sites for hydroxylation is 2. The maximum atomic E-state index is 13.2. The Morgan fingerprint density at radius 1 is 1.20 bits per heavy atom. The summed E-state index contributed by atoms with van der Waals surface area (Å²) in [7, 11) is 0. The first-order chi connectivity index (χ1) is 14.5. The van der Waals surface area contributed by atoms with E-state index in [9.17, 15) is 9.18 Å². The van der Waals surface area contributed by atoms with Gasteiger partial charge in [-0.3, -0.25) is 9.69 Å². The van der Waals surface area contributed by atoms with Crippen molar-refractivity contribution in [1.29, 1.82) is 0 Å². The Morgan fingerprint density at radius 2 is 2.00 bits per heavy atom. The normalized spacial score (nSPS) is 22.9. The highest BCUT2D eigenvalue weighted by molar-refractivity contribution is 5.46. The Balaban J connectivity index is 1.14. The maximum Gasteiger partial charge on any atom is 0.254 e. The standard InChI is InChI=1S/C24H31FN4O/c1-17-16-29(19-6-4-18(25)5-7-19)14-13-28(17)12-2-3-22-26-21-8-9-24(10-11-24)15-20(21)23(30)27-22/h4-7,17H,2-3,8-16H2,1H3,(H,26,27,30). The van der Waals surface area contributed by atoms with Gasteiger partial charge in [0.2, 0.25) is 0 Å². The summed E-state index contributed by atoms with van der Waals surface area (Å²) in [5.41, 5.74) is 3.63. The van der Waals surface area contributed by atoms with Crippen LogP contribution in [-0.2, 0) is 19.3 Å². The molecule has 2 aromatic rings. The van der Waals surface area contributed by atoms with E-state index >= 15 is 0 Å². The highest BCUT2D eigenvalue weighted by Crippen LogP contribution is 2.53. The molecule has 1 aromatic carbocycles. The number of rotatable bonds is 5. The van der Waals surface area contributed by atoms with Crippen LogP contribution in [0, 0.1) is 11.2 Å². The van der Waals surface area contributed by atoms with Crippen molar-refractivity contribution in [3.8, 4) is 0 Å². The van der Waals surface area contributed by atoms with Crippen molar-refractivity contribution in [3.63, 3.8) is 0 Å². The van der Waals surface area contributed by atoms with E-state index in [1.165, 1.54) is 31.4 Å². The molecule has 3 aliphatic rings. The van der Waals surface area contributed by atoms with Gasteiger partial charge in [0.05, 0.1) is 5.69 Å². The first-order valence-electron chi connectivity index (χ1n) is 11.4. The summed E-state index contributed by atoms with van der Waals surface area (Å²) in [5, 5.41) is 0. The summed E-state index contributed by atoms with van der Waals surface area (Å²) in [6.45, 7) is 6.15. The average Bonchev–Trinajstić information content (AvgIpc) is 3.49. The number of hydrogen-bond donors (Lipinski definition) is 1. The third-order valence-electron chi connectivity index (χ3n) is 7.37. The highest BCUT2D eigenvalue weighted by atomic mass is 19.1. The lowest BCUT2D eigenvalue weighted by molar-refractivity contribution is 0.187. The molecule has 160 valence electrons. The molecule has 6 heteroatoms. The number of fused-ring (bicyclic) bond motifs is 1. The van der Waals surface area contributed by atoms with Crippen molar-refractivity contribution < 1.29 is 4.39 Å². The van der Waals surface area contributed by atoms with Crippen molar-refractivity contribution >= 4 is 5.69 Å². The topological polar surface area (TPSA) is 52.2 Å². The minimum Gasteiger partial charge on any atom is -0.369 e. The van der Waals surface area contributed by atoms with E-state index in [0.717, 1.165) is 74.6 Å². The molecule has 1 unspecified atom stereocenters. The third-order valence-corrected chi connectivity index (χ3v) is 7.37. The smallest absolute Gasteiger partial charge is 0.254 e. The van der Waals surface area contributed by atoms with Gasteiger partial charge in [-0.05, 0) is 81.7 Å². The Kier molecular flexibility index (Phi) is 5.13. The first-order valence-corrected chi connectivity index (χ1v) is 11.4.